The molecule has 0 amide bonds. The molecule has 0 spiro atoms. The standard InChI is InChI=1S/C60H40N2S.C54H36N2S/c1-4-15-41(16-5-1)42-27-32-48(33-28-42)61(46-19-6-2-7-20-46)49-34-29-43(30-35-49)45-31-37-55-58(39-45)63-60-54-38-36-50(40-56(54)52-24-12-13-25-53(52)59(55)60)62(47-21-8-3-9-22-47)57-26-14-18-44-17-10-11-23-51(44)57;1-4-17-40(18-5-1)55(41-19-6-2-7-20-41)43-30-27-37(28-31-43)39-29-33-49-52(35-39)57-54-48-34-32-44(36-50(48)46-24-12-13-25-47(46)53(49)54)56(42-21-8-3-9-22-42)51-26-14-16-38-15-10-11-23-45(38)51/h1-40H;1-36H. The van der Waals surface area contributed by atoms with Gasteiger partial charge in [0.2, 0.25) is 0 Å². The number of hydrogen-bond donors (Lipinski definition) is 0. The molecule has 0 unspecified atom stereocenters. The summed E-state index contributed by atoms with van der Waals surface area (Å²) in [7, 11) is 0. The van der Waals surface area contributed by atoms with Gasteiger partial charge in [-0.2, -0.15) is 0 Å². The molecule has 0 bridgehead atoms. The third-order valence-corrected chi connectivity index (χ3v) is 26.0. The number of hydrogen-bond acceptors (Lipinski definition) is 6. The van der Waals surface area contributed by atoms with Crippen LogP contribution in [0.2, 0.25) is 0 Å². The van der Waals surface area contributed by atoms with Crippen LogP contribution in [0, 0.1) is 0 Å². The highest BCUT2D eigenvalue weighted by Crippen LogP contribution is 2.51. The molecule has 23 aromatic rings. The van der Waals surface area contributed by atoms with Gasteiger partial charge in [-0.05, 0) is 222 Å². The second-order valence-electron chi connectivity index (χ2n) is 30.6. The minimum atomic E-state index is 1.11. The second kappa shape index (κ2) is 30.8. The highest BCUT2D eigenvalue weighted by atomic mass is 32.1. The first-order chi connectivity index (χ1) is 59.5. The maximum Gasteiger partial charge on any atom is 0.0540 e. The smallest absolute Gasteiger partial charge is 0.0540 e. The van der Waals surface area contributed by atoms with Gasteiger partial charge in [0.25, 0.3) is 0 Å². The Balaban J connectivity index is 0.000000145. The highest BCUT2D eigenvalue weighted by Gasteiger charge is 2.24. The van der Waals surface area contributed by atoms with E-state index in [0.717, 1.165) is 62.6 Å². The average molecular weight is 1570 g/mol. The average Bonchev–Trinajstić information content (AvgIpc) is 1.52. The van der Waals surface area contributed by atoms with Crippen molar-refractivity contribution in [1.82, 2.24) is 0 Å². The van der Waals surface area contributed by atoms with Crippen molar-refractivity contribution in [2.45, 2.75) is 0 Å². The number of rotatable bonds is 15. The Bertz CT molecular complexity index is 7700. The van der Waals surface area contributed by atoms with Crippen LogP contribution in [0.4, 0.5) is 68.2 Å². The number of para-hydroxylation sites is 5. The van der Waals surface area contributed by atoms with Gasteiger partial charge in [-0.3, -0.25) is 0 Å². The molecule has 0 aliphatic carbocycles. The molecule has 23 rings (SSSR count). The molecular formula is C114H76N4S2. The molecule has 0 N–H and O–H groups in total. The summed E-state index contributed by atoms with van der Waals surface area (Å²) in [6.45, 7) is 0. The van der Waals surface area contributed by atoms with Gasteiger partial charge < -0.3 is 19.6 Å². The summed E-state index contributed by atoms with van der Waals surface area (Å²) < 4.78 is 5.24. The summed E-state index contributed by atoms with van der Waals surface area (Å²) >= 11 is 3.81. The molecule has 2 heterocycles. The van der Waals surface area contributed by atoms with E-state index in [1.165, 1.54) is 144 Å². The Morgan fingerprint density at radius 1 is 0.142 bits per heavy atom. The summed E-state index contributed by atoms with van der Waals surface area (Å²) in [6, 6.07) is 167. The van der Waals surface area contributed by atoms with Gasteiger partial charge >= 0.3 is 0 Å². The lowest BCUT2D eigenvalue weighted by molar-refractivity contribution is 1.28. The van der Waals surface area contributed by atoms with Crippen LogP contribution in [0.25, 0.3) is 138 Å². The van der Waals surface area contributed by atoms with Gasteiger partial charge in [0, 0.05) is 119 Å². The molecule has 564 valence electrons. The predicted molar refractivity (Wildman–Crippen MR) is 519 cm³/mol. The monoisotopic (exact) mass is 1560 g/mol. The van der Waals surface area contributed by atoms with Crippen molar-refractivity contribution >= 4 is 196 Å². The zero-order valence-electron chi connectivity index (χ0n) is 65.5. The molecular weight excluding hydrogens is 1490 g/mol. The van der Waals surface area contributed by atoms with Gasteiger partial charge in [0.05, 0.1) is 11.4 Å². The minimum Gasteiger partial charge on any atom is -0.311 e. The topological polar surface area (TPSA) is 13.0 Å². The summed E-state index contributed by atoms with van der Waals surface area (Å²) in [4.78, 5) is 9.45. The minimum absolute atomic E-state index is 1.11. The van der Waals surface area contributed by atoms with Gasteiger partial charge in [0.1, 0.15) is 0 Å². The van der Waals surface area contributed by atoms with Crippen LogP contribution >= 0.6 is 22.7 Å². The Morgan fingerprint density at radius 3 is 0.767 bits per heavy atom. The molecule has 4 nitrogen and oxygen atoms in total. The lowest BCUT2D eigenvalue weighted by atomic mass is 9.95. The quantitative estimate of drug-likeness (QED) is 0.0949. The third-order valence-electron chi connectivity index (χ3n) is 23.6. The third kappa shape index (κ3) is 13.0. The van der Waals surface area contributed by atoms with Crippen LogP contribution in [-0.2, 0) is 0 Å². The van der Waals surface area contributed by atoms with Crippen LogP contribution in [0.1, 0.15) is 0 Å². The molecule has 0 atom stereocenters. The Morgan fingerprint density at radius 2 is 0.400 bits per heavy atom. The van der Waals surface area contributed by atoms with Crippen molar-refractivity contribution in [3.8, 4) is 33.4 Å². The van der Waals surface area contributed by atoms with E-state index in [9.17, 15) is 0 Å². The molecule has 2 aromatic heterocycles. The first-order valence-corrected chi connectivity index (χ1v) is 42.6. The first kappa shape index (κ1) is 71.4. The number of benzene rings is 21. The second-order valence-corrected chi connectivity index (χ2v) is 32.7. The number of thiophene rings is 2. The van der Waals surface area contributed by atoms with E-state index in [4.69, 9.17) is 0 Å². The summed E-state index contributed by atoms with van der Waals surface area (Å²) in [5, 5.41) is 20.4. The van der Waals surface area contributed by atoms with Crippen molar-refractivity contribution in [2.24, 2.45) is 0 Å². The van der Waals surface area contributed by atoms with E-state index >= 15 is 0 Å². The normalized spacial score (nSPS) is 11.5. The molecule has 0 fully saturated rings. The van der Waals surface area contributed by atoms with Crippen molar-refractivity contribution in [2.75, 3.05) is 19.6 Å². The maximum absolute atomic E-state index is 2.41. The predicted octanol–water partition coefficient (Wildman–Crippen LogP) is 33.9. The molecule has 0 saturated carbocycles. The van der Waals surface area contributed by atoms with Crippen molar-refractivity contribution in [1.29, 1.82) is 0 Å². The van der Waals surface area contributed by atoms with Gasteiger partial charge in [-0.25, -0.2) is 0 Å². The molecule has 120 heavy (non-hydrogen) atoms. The molecule has 0 saturated heterocycles. The van der Waals surface area contributed by atoms with E-state index in [1.807, 2.05) is 22.7 Å². The van der Waals surface area contributed by atoms with E-state index in [-0.39, 0.29) is 0 Å². The van der Waals surface area contributed by atoms with Crippen molar-refractivity contribution < 1.29 is 0 Å². The van der Waals surface area contributed by atoms with Crippen LogP contribution in [-0.4, -0.2) is 0 Å². The van der Waals surface area contributed by atoms with Crippen LogP contribution in [0.15, 0.2) is 461 Å². The fourth-order valence-corrected chi connectivity index (χ4v) is 20.6. The summed E-state index contributed by atoms with van der Waals surface area (Å²) in [5.74, 6) is 0. The number of anilines is 12. The number of fused-ring (bicyclic) bond motifs is 18. The fraction of sp³-hybridized carbons (Fsp3) is 0. The fourth-order valence-electron chi connectivity index (χ4n) is 18.0. The van der Waals surface area contributed by atoms with E-state index in [0.29, 0.717) is 0 Å². The van der Waals surface area contributed by atoms with Gasteiger partial charge in [0.15, 0.2) is 0 Å². The number of nitrogens with zero attached hydrogens (tertiary/aromatic N) is 4. The van der Waals surface area contributed by atoms with Crippen molar-refractivity contribution in [3.05, 3.63) is 461 Å². The van der Waals surface area contributed by atoms with E-state index in [2.05, 4.69) is 481 Å². The lowest BCUT2D eigenvalue weighted by Gasteiger charge is -2.27. The molecule has 6 heteroatoms. The van der Waals surface area contributed by atoms with Crippen LogP contribution in [0.3, 0.4) is 0 Å². The van der Waals surface area contributed by atoms with Gasteiger partial charge in [-0.1, -0.05) is 315 Å². The lowest BCUT2D eigenvalue weighted by Crippen LogP contribution is -2.10. The zero-order valence-corrected chi connectivity index (χ0v) is 67.1. The summed E-state index contributed by atoms with van der Waals surface area (Å²) in [6.07, 6.45) is 0. The van der Waals surface area contributed by atoms with E-state index in [1.54, 1.807) is 0 Å². The molecule has 21 aromatic carbocycles. The molecule has 0 radical (unpaired) electrons. The maximum atomic E-state index is 2.41. The van der Waals surface area contributed by atoms with Crippen LogP contribution in [0.5, 0.6) is 0 Å². The largest absolute Gasteiger partial charge is 0.311 e. The van der Waals surface area contributed by atoms with Crippen LogP contribution < -0.4 is 19.6 Å². The molecule has 0 aliphatic rings. The SMILES string of the molecule is c1ccc(-c2ccc(N(c3ccccc3)c3ccc(-c4ccc5c(c4)sc4c6ccc(N(c7ccccc7)c7cccc8ccccc78)cc6c6ccccc6c54)cc3)cc2)cc1.c1ccc(N(c2ccccc2)c2ccc(-c3ccc4c(c3)sc3c5ccc(N(c6ccccc6)c6cccc7ccccc67)cc5c5ccccc5c43)cc2)cc1. The first-order valence-electron chi connectivity index (χ1n) is 40.9. The molecule has 0 aliphatic heterocycles. The van der Waals surface area contributed by atoms with Crippen molar-refractivity contribution in [3.63, 3.8) is 0 Å². The Labute approximate surface area is 704 Å². The van der Waals surface area contributed by atoms with E-state index < -0.39 is 0 Å². The Hall–Kier alpha value is -15.2. The summed E-state index contributed by atoms with van der Waals surface area (Å²) in [5.41, 5.74) is 20.9. The highest BCUT2D eigenvalue weighted by molar-refractivity contribution is 7.27. The zero-order chi connectivity index (χ0) is 79.4. The van der Waals surface area contributed by atoms with Gasteiger partial charge in [-0.15, -0.1) is 22.7 Å². The Kier molecular flexibility index (Phi) is 18.3.